The van der Waals surface area contributed by atoms with Gasteiger partial charge in [0.05, 0.1) is 18.5 Å². The van der Waals surface area contributed by atoms with Crippen molar-refractivity contribution < 1.29 is 9.53 Å². The molecule has 3 rings (SSSR count). The number of aromatic nitrogens is 3. The first-order valence-electron chi connectivity index (χ1n) is 9.96. The second-order valence-electron chi connectivity index (χ2n) is 8.81. The van der Waals surface area contributed by atoms with Crippen LogP contribution in [0.25, 0.3) is 16.9 Å². The van der Waals surface area contributed by atoms with Crippen molar-refractivity contribution in [2.45, 2.75) is 53.0 Å². The maximum absolute atomic E-state index is 13.1. The molecule has 6 nitrogen and oxygen atoms in total. The summed E-state index contributed by atoms with van der Waals surface area (Å²) in [6.45, 7) is 12.5. The van der Waals surface area contributed by atoms with Gasteiger partial charge in [0.2, 0.25) is 0 Å². The minimum absolute atomic E-state index is 0.0450. The van der Waals surface area contributed by atoms with Crippen molar-refractivity contribution in [2.24, 2.45) is 5.92 Å². The molecule has 0 radical (unpaired) electrons. The summed E-state index contributed by atoms with van der Waals surface area (Å²) in [6, 6.07) is 11.5. The Hall–Kier alpha value is -2.89. The third-order valence-electron chi connectivity index (χ3n) is 5.15. The van der Waals surface area contributed by atoms with E-state index in [-0.39, 0.29) is 17.4 Å². The average Bonchev–Trinajstić information content (AvgIpc) is 3.11. The molecule has 154 valence electrons. The van der Waals surface area contributed by atoms with E-state index in [2.05, 4.69) is 39.9 Å². The normalized spacial score (nSPS) is 13.0. The van der Waals surface area contributed by atoms with E-state index < -0.39 is 0 Å². The highest BCUT2D eigenvalue weighted by molar-refractivity contribution is 5.94. The average molecular weight is 395 g/mol. The molecule has 2 aromatic heterocycles. The zero-order valence-corrected chi connectivity index (χ0v) is 18.3. The summed E-state index contributed by atoms with van der Waals surface area (Å²) in [4.78, 5) is 17.9. The molecule has 2 heterocycles. The fourth-order valence-corrected chi connectivity index (χ4v) is 2.88. The van der Waals surface area contributed by atoms with Gasteiger partial charge in [-0.1, -0.05) is 46.8 Å². The van der Waals surface area contributed by atoms with Gasteiger partial charge in [-0.25, -0.2) is 9.50 Å². The van der Waals surface area contributed by atoms with E-state index in [1.807, 2.05) is 37.3 Å². The van der Waals surface area contributed by atoms with Crippen LogP contribution in [0.2, 0.25) is 0 Å². The van der Waals surface area contributed by atoms with Crippen molar-refractivity contribution in [1.82, 2.24) is 19.9 Å². The molecule has 1 atom stereocenters. The van der Waals surface area contributed by atoms with E-state index in [0.29, 0.717) is 23.0 Å². The minimum Gasteiger partial charge on any atom is -0.497 e. The van der Waals surface area contributed by atoms with Crippen molar-refractivity contribution in [1.29, 1.82) is 0 Å². The van der Waals surface area contributed by atoms with Gasteiger partial charge in [-0.15, -0.1) is 0 Å². The van der Waals surface area contributed by atoms with Crippen LogP contribution in [0.5, 0.6) is 5.75 Å². The monoisotopic (exact) mass is 394 g/mol. The number of hydrogen-bond acceptors (Lipinski definition) is 4. The first-order chi connectivity index (χ1) is 13.6. The SMILES string of the molecule is COc1cccc(-c2cc(C(=O)NC(C)C(C)C)n3nc(C(C)(C)C)cc3n2)c1. The van der Waals surface area contributed by atoms with Crippen LogP contribution >= 0.6 is 0 Å². The Kier molecular flexibility index (Phi) is 5.64. The first kappa shape index (κ1) is 20.8. The Bertz CT molecular complexity index is 1030. The summed E-state index contributed by atoms with van der Waals surface area (Å²) in [5, 5.41) is 7.78. The number of fused-ring (bicyclic) bond motifs is 1. The molecule has 0 saturated heterocycles. The van der Waals surface area contributed by atoms with Crippen LogP contribution in [0.1, 0.15) is 57.7 Å². The second-order valence-corrected chi connectivity index (χ2v) is 8.81. The molecule has 0 aliphatic carbocycles. The smallest absolute Gasteiger partial charge is 0.270 e. The van der Waals surface area contributed by atoms with E-state index in [0.717, 1.165) is 17.0 Å². The third-order valence-corrected chi connectivity index (χ3v) is 5.15. The molecule has 1 unspecified atom stereocenters. The second kappa shape index (κ2) is 7.85. The van der Waals surface area contributed by atoms with Crippen LogP contribution in [0.15, 0.2) is 36.4 Å². The summed E-state index contributed by atoms with van der Waals surface area (Å²) in [6.07, 6.45) is 0. The predicted octanol–water partition coefficient (Wildman–Crippen LogP) is 4.48. The van der Waals surface area contributed by atoms with Gasteiger partial charge in [-0.05, 0) is 31.0 Å². The van der Waals surface area contributed by atoms with Gasteiger partial charge in [0.25, 0.3) is 5.91 Å². The summed E-state index contributed by atoms with van der Waals surface area (Å²) < 4.78 is 6.99. The first-order valence-corrected chi connectivity index (χ1v) is 9.96. The Morgan fingerprint density at radius 1 is 1.14 bits per heavy atom. The zero-order chi connectivity index (χ0) is 21.3. The number of hydrogen-bond donors (Lipinski definition) is 1. The molecule has 0 spiro atoms. The Labute approximate surface area is 172 Å². The predicted molar refractivity (Wildman–Crippen MR) is 115 cm³/mol. The zero-order valence-electron chi connectivity index (χ0n) is 18.3. The number of ether oxygens (including phenoxy) is 1. The van der Waals surface area contributed by atoms with Gasteiger partial charge < -0.3 is 10.1 Å². The fraction of sp³-hybridized carbons (Fsp3) is 0.435. The van der Waals surface area contributed by atoms with Gasteiger partial charge in [0.1, 0.15) is 11.4 Å². The van der Waals surface area contributed by atoms with Gasteiger partial charge in [-0.2, -0.15) is 5.10 Å². The molecule has 29 heavy (non-hydrogen) atoms. The lowest BCUT2D eigenvalue weighted by atomic mass is 9.93. The number of nitrogens with one attached hydrogen (secondary N) is 1. The number of amides is 1. The van der Waals surface area contributed by atoms with Crippen LogP contribution in [0.4, 0.5) is 0 Å². The van der Waals surface area contributed by atoms with E-state index in [1.54, 1.807) is 17.7 Å². The van der Waals surface area contributed by atoms with Crippen molar-refractivity contribution >= 4 is 11.6 Å². The highest BCUT2D eigenvalue weighted by atomic mass is 16.5. The molecule has 0 bridgehead atoms. The molecule has 1 N–H and O–H groups in total. The van der Waals surface area contributed by atoms with Crippen molar-refractivity contribution in [3.63, 3.8) is 0 Å². The van der Waals surface area contributed by atoms with E-state index >= 15 is 0 Å². The summed E-state index contributed by atoms with van der Waals surface area (Å²) in [5.74, 6) is 0.913. The lowest BCUT2D eigenvalue weighted by Crippen LogP contribution is -2.37. The van der Waals surface area contributed by atoms with Crippen LogP contribution in [0, 0.1) is 5.92 Å². The number of carbonyl (C=O) groups excluding carboxylic acids is 1. The molecule has 0 saturated carbocycles. The molecule has 0 aliphatic rings. The number of methoxy groups -OCH3 is 1. The van der Waals surface area contributed by atoms with Crippen LogP contribution in [-0.4, -0.2) is 33.7 Å². The summed E-state index contributed by atoms with van der Waals surface area (Å²) in [5.41, 5.74) is 3.45. The topological polar surface area (TPSA) is 68.5 Å². The Morgan fingerprint density at radius 3 is 2.48 bits per heavy atom. The van der Waals surface area contributed by atoms with Crippen molar-refractivity contribution in [3.8, 4) is 17.0 Å². The Morgan fingerprint density at radius 2 is 1.86 bits per heavy atom. The van der Waals surface area contributed by atoms with E-state index in [1.165, 1.54) is 0 Å². The van der Waals surface area contributed by atoms with Gasteiger partial charge >= 0.3 is 0 Å². The maximum Gasteiger partial charge on any atom is 0.270 e. The molecule has 0 fully saturated rings. The molecule has 6 heteroatoms. The lowest BCUT2D eigenvalue weighted by Gasteiger charge is -2.18. The van der Waals surface area contributed by atoms with E-state index in [4.69, 9.17) is 14.8 Å². The summed E-state index contributed by atoms with van der Waals surface area (Å²) in [7, 11) is 1.63. The standard InChI is InChI=1S/C23H30N4O2/c1-14(2)15(3)24-22(28)19-12-18(16-9-8-10-17(11-16)29-7)25-21-13-20(23(4,5)6)26-27(19)21/h8-15H,1-7H3,(H,24,28). The molecule has 0 aliphatic heterocycles. The van der Waals surface area contributed by atoms with Gasteiger partial charge in [0, 0.05) is 23.1 Å². The van der Waals surface area contributed by atoms with Gasteiger partial charge in [-0.3, -0.25) is 4.79 Å². The quantitative estimate of drug-likeness (QED) is 0.693. The molecular formula is C23H30N4O2. The highest BCUT2D eigenvalue weighted by Gasteiger charge is 2.23. The number of benzene rings is 1. The molecule has 3 aromatic rings. The van der Waals surface area contributed by atoms with Crippen molar-refractivity contribution in [3.05, 3.63) is 47.8 Å². The van der Waals surface area contributed by atoms with Crippen LogP contribution in [0.3, 0.4) is 0 Å². The summed E-state index contributed by atoms with van der Waals surface area (Å²) >= 11 is 0. The molecular weight excluding hydrogens is 364 g/mol. The number of rotatable bonds is 5. The molecule has 1 aromatic carbocycles. The highest BCUT2D eigenvalue weighted by Crippen LogP contribution is 2.27. The van der Waals surface area contributed by atoms with Crippen LogP contribution < -0.4 is 10.1 Å². The minimum atomic E-state index is -0.161. The van der Waals surface area contributed by atoms with Crippen LogP contribution in [-0.2, 0) is 5.41 Å². The Balaban J connectivity index is 2.17. The lowest BCUT2D eigenvalue weighted by molar-refractivity contribution is 0.0922. The van der Waals surface area contributed by atoms with Gasteiger partial charge in [0.15, 0.2) is 5.65 Å². The third kappa shape index (κ3) is 4.42. The number of nitrogens with zero attached hydrogens (tertiary/aromatic N) is 3. The van der Waals surface area contributed by atoms with Crippen molar-refractivity contribution in [2.75, 3.05) is 7.11 Å². The molecule has 1 amide bonds. The van der Waals surface area contributed by atoms with E-state index in [9.17, 15) is 4.79 Å². The largest absolute Gasteiger partial charge is 0.497 e. The fourth-order valence-electron chi connectivity index (χ4n) is 2.88. The maximum atomic E-state index is 13.1. The number of carbonyl (C=O) groups is 1.